The fraction of sp³-hybridized carbons (Fsp3) is 0.367. The standard InChI is InChI=1S/C30H34FN5O6S/c1-30(2,3)42-29(38)35-34-25(37)6-5-15-36(43(4,39)40)23-17-24-22(16-21(23)18-7-8-18)26(28-32-13-14-33-28)27(41-24)19-9-11-20(31)12-10-19/h9-14,16-18H,5-8,15H2,1-4H3,(H,32,33)(H,34,37)(H,35,38). The number of aromatic amines is 1. The van der Waals surface area contributed by atoms with Crippen LogP contribution >= 0.6 is 0 Å². The highest BCUT2D eigenvalue weighted by molar-refractivity contribution is 7.92. The zero-order chi connectivity index (χ0) is 30.9. The van der Waals surface area contributed by atoms with E-state index in [1.54, 1.807) is 51.4 Å². The van der Waals surface area contributed by atoms with E-state index in [-0.39, 0.29) is 31.1 Å². The van der Waals surface area contributed by atoms with E-state index in [1.807, 2.05) is 6.07 Å². The summed E-state index contributed by atoms with van der Waals surface area (Å²) < 4.78 is 52.6. The summed E-state index contributed by atoms with van der Waals surface area (Å²) in [4.78, 5) is 31.7. The first-order chi connectivity index (χ1) is 20.3. The number of halogens is 1. The number of anilines is 1. The molecule has 1 fully saturated rings. The van der Waals surface area contributed by atoms with Crippen molar-refractivity contribution in [3.8, 4) is 22.7 Å². The summed E-state index contributed by atoms with van der Waals surface area (Å²) in [5.74, 6) is 0.340. The number of nitrogens with zero attached hydrogens (tertiary/aromatic N) is 2. The van der Waals surface area contributed by atoms with Gasteiger partial charge in [0.05, 0.1) is 17.5 Å². The lowest BCUT2D eigenvalue weighted by molar-refractivity contribution is -0.122. The zero-order valence-corrected chi connectivity index (χ0v) is 25.2. The number of H-pyrrole nitrogens is 1. The van der Waals surface area contributed by atoms with Crippen LogP contribution in [0.25, 0.3) is 33.7 Å². The number of hydrogen-bond acceptors (Lipinski definition) is 7. The first kappa shape index (κ1) is 30.1. The topological polar surface area (TPSA) is 147 Å². The summed E-state index contributed by atoms with van der Waals surface area (Å²) in [7, 11) is -3.75. The van der Waals surface area contributed by atoms with Gasteiger partial charge in [0, 0.05) is 42.4 Å². The first-order valence-electron chi connectivity index (χ1n) is 13.9. The van der Waals surface area contributed by atoms with Gasteiger partial charge in [0.25, 0.3) is 0 Å². The maximum absolute atomic E-state index is 13.7. The molecule has 0 aliphatic heterocycles. The van der Waals surface area contributed by atoms with Crippen molar-refractivity contribution in [2.75, 3.05) is 17.1 Å². The second kappa shape index (κ2) is 11.7. The molecule has 228 valence electrons. The number of benzene rings is 2. The number of rotatable bonds is 9. The number of sulfonamides is 1. The number of fused-ring (bicyclic) bond motifs is 1. The van der Waals surface area contributed by atoms with Crippen LogP contribution in [0.1, 0.15) is 57.9 Å². The normalized spacial score (nSPS) is 13.6. The summed E-state index contributed by atoms with van der Waals surface area (Å²) in [6.07, 6.45) is 5.62. The van der Waals surface area contributed by atoms with Crippen LogP contribution in [-0.2, 0) is 19.6 Å². The Hall–Kier alpha value is -4.39. The molecule has 0 spiro atoms. The third kappa shape index (κ3) is 7.16. The summed E-state index contributed by atoms with van der Waals surface area (Å²) in [6, 6.07) is 9.60. The monoisotopic (exact) mass is 611 g/mol. The van der Waals surface area contributed by atoms with Gasteiger partial charge in [-0.15, -0.1) is 0 Å². The van der Waals surface area contributed by atoms with E-state index in [2.05, 4.69) is 20.8 Å². The number of carbonyl (C=O) groups excluding carboxylic acids is 2. The molecule has 2 aromatic heterocycles. The highest BCUT2D eigenvalue weighted by Gasteiger charge is 2.33. The number of carbonyl (C=O) groups is 2. The molecule has 11 nitrogen and oxygen atoms in total. The summed E-state index contributed by atoms with van der Waals surface area (Å²) >= 11 is 0. The van der Waals surface area contributed by atoms with Gasteiger partial charge in [-0.3, -0.25) is 14.5 Å². The van der Waals surface area contributed by atoms with Crippen molar-refractivity contribution in [2.45, 2.75) is 58.0 Å². The number of nitrogens with one attached hydrogen (secondary N) is 3. The second-order valence-electron chi connectivity index (χ2n) is 11.5. The molecule has 1 aliphatic rings. The molecule has 2 heterocycles. The number of amides is 2. The maximum atomic E-state index is 13.7. The maximum Gasteiger partial charge on any atom is 0.426 e. The lowest BCUT2D eigenvalue weighted by Crippen LogP contribution is -2.44. The molecule has 0 bridgehead atoms. The predicted octanol–water partition coefficient (Wildman–Crippen LogP) is 5.61. The van der Waals surface area contributed by atoms with E-state index in [9.17, 15) is 22.4 Å². The van der Waals surface area contributed by atoms with Crippen LogP contribution in [0, 0.1) is 5.82 Å². The Morgan fingerprint density at radius 1 is 1.16 bits per heavy atom. The number of aromatic nitrogens is 2. The molecule has 0 radical (unpaired) electrons. The number of ether oxygens (including phenoxy) is 1. The Kier molecular flexibility index (Phi) is 8.19. The molecule has 13 heteroatoms. The van der Waals surface area contributed by atoms with Gasteiger partial charge in [-0.05, 0) is 81.8 Å². The first-order valence-corrected chi connectivity index (χ1v) is 15.8. The van der Waals surface area contributed by atoms with Crippen molar-refractivity contribution in [3.63, 3.8) is 0 Å². The molecular weight excluding hydrogens is 577 g/mol. The third-order valence-corrected chi connectivity index (χ3v) is 8.01. The molecule has 0 saturated heterocycles. The number of imidazole rings is 1. The van der Waals surface area contributed by atoms with Crippen LogP contribution in [0.2, 0.25) is 0 Å². The molecule has 1 saturated carbocycles. The van der Waals surface area contributed by atoms with Gasteiger partial charge >= 0.3 is 6.09 Å². The molecule has 2 aromatic carbocycles. The van der Waals surface area contributed by atoms with Crippen molar-refractivity contribution in [3.05, 3.63) is 60.2 Å². The average Bonchev–Trinajstić information content (AvgIpc) is 3.49. The van der Waals surface area contributed by atoms with Crippen LogP contribution in [0.4, 0.5) is 14.9 Å². The molecular formula is C30H34FN5O6S. The Morgan fingerprint density at radius 2 is 1.88 bits per heavy atom. The van der Waals surface area contributed by atoms with Gasteiger partial charge < -0.3 is 14.1 Å². The Labute approximate surface area is 248 Å². The van der Waals surface area contributed by atoms with E-state index < -0.39 is 27.6 Å². The molecule has 0 unspecified atom stereocenters. The average molecular weight is 612 g/mol. The van der Waals surface area contributed by atoms with Gasteiger partial charge in [0.15, 0.2) is 0 Å². The quantitative estimate of drug-likeness (QED) is 0.209. The van der Waals surface area contributed by atoms with Crippen molar-refractivity contribution in [1.29, 1.82) is 0 Å². The van der Waals surface area contributed by atoms with E-state index in [4.69, 9.17) is 9.15 Å². The summed E-state index contributed by atoms with van der Waals surface area (Å²) in [5.41, 5.74) is 6.87. The molecule has 3 N–H and O–H groups in total. The minimum Gasteiger partial charge on any atom is -0.455 e. The smallest absolute Gasteiger partial charge is 0.426 e. The van der Waals surface area contributed by atoms with Crippen molar-refractivity contribution >= 4 is 38.7 Å². The minimum absolute atomic E-state index is 0.0283. The number of hydrogen-bond donors (Lipinski definition) is 3. The Balaban J connectivity index is 1.45. The fourth-order valence-corrected chi connectivity index (χ4v) is 5.84. The zero-order valence-electron chi connectivity index (χ0n) is 24.4. The fourth-order valence-electron chi connectivity index (χ4n) is 4.86. The van der Waals surface area contributed by atoms with Crippen molar-refractivity contribution < 1.29 is 31.6 Å². The summed E-state index contributed by atoms with van der Waals surface area (Å²) in [5, 5.41) is 0.751. The van der Waals surface area contributed by atoms with E-state index >= 15 is 0 Å². The highest BCUT2D eigenvalue weighted by atomic mass is 32.2. The largest absolute Gasteiger partial charge is 0.455 e. The predicted molar refractivity (Wildman–Crippen MR) is 160 cm³/mol. The van der Waals surface area contributed by atoms with Gasteiger partial charge in [0.1, 0.15) is 28.6 Å². The van der Waals surface area contributed by atoms with Gasteiger partial charge in [-0.2, -0.15) is 0 Å². The van der Waals surface area contributed by atoms with Crippen molar-refractivity contribution in [2.24, 2.45) is 0 Å². The Morgan fingerprint density at radius 3 is 2.49 bits per heavy atom. The van der Waals surface area contributed by atoms with Crippen LogP contribution in [-0.4, -0.2) is 48.8 Å². The van der Waals surface area contributed by atoms with E-state index in [0.717, 1.165) is 30.0 Å². The van der Waals surface area contributed by atoms with E-state index in [1.165, 1.54) is 16.4 Å². The SMILES string of the molecule is CC(C)(C)OC(=O)NNC(=O)CCCN(c1cc2oc(-c3ccc(F)cc3)c(-c3ncc[nH]3)c2cc1C1CC1)S(C)(=O)=O. The number of hydrazine groups is 1. The lowest BCUT2D eigenvalue weighted by Gasteiger charge is -2.25. The molecule has 1 aliphatic carbocycles. The van der Waals surface area contributed by atoms with Crippen LogP contribution < -0.4 is 15.2 Å². The van der Waals surface area contributed by atoms with Crippen LogP contribution in [0.5, 0.6) is 0 Å². The van der Waals surface area contributed by atoms with Gasteiger partial charge in [0.2, 0.25) is 15.9 Å². The van der Waals surface area contributed by atoms with E-state index in [0.29, 0.717) is 34.0 Å². The molecule has 2 amide bonds. The van der Waals surface area contributed by atoms with Crippen LogP contribution in [0.3, 0.4) is 0 Å². The van der Waals surface area contributed by atoms with Gasteiger partial charge in [-0.25, -0.2) is 28.0 Å². The van der Waals surface area contributed by atoms with Crippen molar-refractivity contribution in [1.82, 2.24) is 20.8 Å². The molecule has 0 atom stereocenters. The number of furan rings is 1. The second-order valence-corrected chi connectivity index (χ2v) is 13.5. The summed E-state index contributed by atoms with van der Waals surface area (Å²) in [6.45, 7) is 5.13. The van der Waals surface area contributed by atoms with Crippen LogP contribution in [0.15, 0.2) is 53.2 Å². The minimum atomic E-state index is -3.75. The third-order valence-electron chi connectivity index (χ3n) is 6.83. The molecule has 43 heavy (non-hydrogen) atoms. The molecule has 5 rings (SSSR count). The lowest BCUT2D eigenvalue weighted by atomic mass is 10.0. The molecule has 4 aromatic rings. The van der Waals surface area contributed by atoms with Gasteiger partial charge in [-0.1, -0.05) is 0 Å². The Bertz CT molecular complexity index is 1740. The highest BCUT2D eigenvalue weighted by Crippen LogP contribution is 2.49.